The summed E-state index contributed by atoms with van der Waals surface area (Å²) in [5.74, 6) is 0.752. The third-order valence-corrected chi connectivity index (χ3v) is 9.70. The summed E-state index contributed by atoms with van der Waals surface area (Å²) in [4.78, 5) is 21.5. The third-order valence-electron chi connectivity index (χ3n) is 8.70. The Morgan fingerprint density at radius 1 is 1.03 bits per heavy atom. The van der Waals surface area contributed by atoms with Gasteiger partial charge in [0.15, 0.2) is 10.7 Å². The number of Topliss-reactive ketones (excluding diaryl/α,β-unsaturated/α-hetero) is 1. The molecule has 7 heteroatoms. The summed E-state index contributed by atoms with van der Waals surface area (Å²) in [5, 5.41) is 0. The van der Waals surface area contributed by atoms with E-state index in [1.54, 1.807) is 11.3 Å². The lowest BCUT2D eigenvalue weighted by molar-refractivity contribution is 0.0976. The zero-order valence-corrected chi connectivity index (χ0v) is 23.2. The fraction of sp³-hybridized carbons (Fsp3) is 0.500. The van der Waals surface area contributed by atoms with Gasteiger partial charge in [0, 0.05) is 43.2 Å². The first-order valence-electron chi connectivity index (χ1n) is 14.7. The van der Waals surface area contributed by atoms with E-state index in [9.17, 15) is 9.18 Å². The second-order valence-electron chi connectivity index (χ2n) is 11.5. The number of nitrogens with zero attached hydrogens (tertiary/aromatic N) is 3. The molecule has 4 heterocycles. The summed E-state index contributed by atoms with van der Waals surface area (Å²) in [6.07, 6.45) is 7.96. The normalized spacial score (nSPS) is 20.9. The van der Waals surface area contributed by atoms with E-state index in [-0.39, 0.29) is 11.9 Å². The van der Waals surface area contributed by atoms with Gasteiger partial charge in [-0.25, -0.2) is 9.37 Å². The molecule has 5 nitrogen and oxygen atoms in total. The molecule has 4 aromatic rings. The molecule has 7 rings (SSSR count). The molecule has 1 saturated carbocycles. The molecule has 204 valence electrons. The molecule has 3 fully saturated rings. The molecule has 0 unspecified atom stereocenters. The van der Waals surface area contributed by atoms with Crippen molar-refractivity contribution < 1.29 is 13.9 Å². The number of piperidine rings is 1. The monoisotopic (exact) mass is 545 g/mol. The molecule has 2 aromatic heterocycles. The number of carbonyl (C=O) groups is 1. The molecule has 0 spiro atoms. The van der Waals surface area contributed by atoms with Gasteiger partial charge in [-0.2, -0.15) is 0 Å². The highest BCUT2D eigenvalue weighted by atomic mass is 32.1. The van der Waals surface area contributed by atoms with Crippen LogP contribution in [0.5, 0.6) is 0 Å². The quantitative estimate of drug-likeness (QED) is 0.159. The maximum absolute atomic E-state index is 13.3. The van der Waals surface area contributed by atoms with E-state index in [0.29, 0.717) is 25.2 Å². The van der Waals surface area contributed by atoms with Gasteiger partial charge in [-0.3, -0.25) is 9.20 Å². The van der Waals surface area contributed by atoms with Gasteiger partial charge in [-0.15, -0.1) is 0 Å². The van der Waals surface area contributed by atoms with E-state index >= 15 is 0 Å². The van der Waals surface area contributed by atoms with Gasteiger partial charge in [0.2, 0.25) is 0 Å². The number of ether oxygens (including phenoxy) is 1. The number of unbranched alkanes of at least 4 members (excludes halogenated alkanes) is 1. The zero-order valence-electron chi connectivity index (χ0n) is 22.4. The molecule has 1 aliphatic carbocycles. The Morgan fingerprint density at radius 2 is 1.85 bits per heavy atom. The third kappa shape index (κ3) is 5.17. The Morgan fingerprint density at radius 3 is 2.59 bits per heavy atom. The van der Waals surface area contributed by atoms with E-state index in [4.69, 9.17) is 9.72 Å². The number of alkyl halides is 1. The highest BCUT2D eigenvalue weighted by molar-refractivity contribution is 7.23. The number of likely N-dealkylation sites (tertiary alicyclic amines) is 1. The van der Waals surface area contributed by atoms with Crippen LogP contribution in [0.2, 0.25) is 0 Å². The summed E-state index contributed by atoms with van der Waals surface area (Å²) in [6, 6.07) is 15.0. The number of imidazole rings is 1. The Kier molecular flexibility index (Phi) is 6.99. The van der Waals surface area contributed by atoms with Crippen LogP contribution in [0.15, 0.2) is 42.5 Å². The van der Waals surface area contributed by atoms with E-state index in [0.717, 1.165) is 78.4 Å². The lowest BCUT2D eigenvalue weighted by Crippen LogP contribution is -2.35. The number of benzene rings is 2. The van der Waals surface area contributed by atoms with Gasteiger partial charge in [-0.1, -0.05) is 35.6 Å². The average Bonchev–Trinajstić information content (AvgIpc) is 3.35. The van der Waals surface area contributed by atoms with Crippen LogP contribution in [0, 0.1) is 0 Å². The van der Waals surface area contributed by atoms with Gasteiger partial charge in [0.1, 0.15) is 6.17 Å². The molecule has 2 saturated heterocycles. The number of carbonyl (C=O) groups excluding carboxylic acids is 1. The van der Waals surface area contributed by atoms with Crippen molar-refractivity contribution in [2.75, 3.05) is 26.2 Å². The van der Waals surface area contributed by atoms with Crippen LogP contribution in [0.3, 0.4) is 0 Å². The van der Waals surface area contributed by atoms with Crippen molar-refractivity contribution in [3.05, 3.63) is 59.3 Å². The van der Waals surface area contributed by atoms with Gasteiger partial charge < -0.3 is 9.64 Å². The summed E-state index contributed by atoms with van der Waals surface area (Å²) < 4.78 is 22.7. The number of rotatable bonds is 9. The Labute approximate surface area is 233 Å². The predicted octanol–water partition coefficient (Wildman–Crippen LogP) is 7.73. The Bertz CT molecular complexity index is 1470. The molecule has 0 radical (unpaired) electrons. The second-order valence-corrected chi connectivity index (χ2v) is 12.6. The first-order valence-corrected chi connectivity index (χ1v) is 15.5. The van der Waals surface area contributed by atoms with Gasteiger partial charge in [0.05, 0.1) is 27.7 Å². The molecule has 0 amide bonds. The number of thiazole rings is 1. The number of aromatic nitrogens is 2. The number of fused-ring (bicyclic) bond motifs is 3. The smallest absolute Gasteiger partial charge is 0.195 e. The van der Waals surface area contributed by atoms with Crippen LogP contribution in [0.25, 0.3) is 26.4 Å². The number of hydrogen-bond donors (Lipinski definition) is 0. The van der Waals surface area contributed by atoms with Crippen molar-refractivity contribution in [1.29, 1.82) is 0 Å². The second kappa shape index (κ2) is 10.8. The predicted molar refractivity (Wildman–Crippen MR) is 155 cm³/mol. The minimum absolute atomic E-state index is 0.208. The Balaban J connectivity index is 1.08. The first-order chi connectivity index (χ1) is 19.1. The molecule has 0 N–H and O–H groups in total. The van der Waals surface area contributed by atoms with E-state index in [2.05, 4.69) is 45.7 Å². The number of halogens is 1. The van der Waals surface area contributed by atoms with Crippen LogP contribution in [-0.2, 0) is 4.74 Å². The fourth-order valence-electron chi connectivity index (χ4n) is 6.30. The molecule has 0 bridgehead atoms. The van der Waals surface area contributed by atoms with Crippen LogP contribution in [0.1, 0.15) is 91.4 Å². The molecule has 2 aliphatic heterocycles. The summed E-state index contributed by atoms with van der Waals surface area (Å²) in [6.45, 7) is 3.51. The SMILES string of the molecule is O=C(CCCCN1CCC(F)CC1)c1ccc2c(c1)sc1nc(-c3ccc([C@@H]4CCCO4)cc3)c(C3CC3)n12. The van der Waals surface area contributed by atoms with Crippen LogP contribution in [-0.4, -0.2) is 52.5 Å². The van der Waals surface area contributed by atoms with Gasteiger partial charge in [0.25, 0.3) is 0 Å². The largest absolute Gasteiger partial charge is 0.374 e. The topological polar surface area (TPSA) is 46.8 Å². The molecular weight excluding hydrogens is 509 g/mol. The lowest BCUT2D eigenvalue weighted by atomic mass is 10.0. The van der Waals surface area contributed by atoms with Crippen LogP contribution < -0.4 is 0 Å². The number of hydrogen-bond acceptors (Lipinski definition) is 5. The molecule has 1 atom stereocenters. The lowest BCUT2D eigenvalue weighted by Gasteiger charge is -2.28. The Hall–Kier alpha value is -2.61. The summed E-state index contributed by atoms with van der Waals surface area (Å²) in [5.41, 5.74) is 6.79. The summed E-state index contributed by atoms with van der Waals surface area (Å²) in [7, 11) is 0. The molecule has 3 aliphatic rings. The molecule has 39 heavy (non-hydrogen) atoms. The minimum Gasteiger partial charge on any atom is -0.374 e. The maximum Gasteiger partial charge on any atom is 0.195 e. The van der Waals surface area contributed by atoms with Crippen molar-refractivity contribution in [1.82, 2.24) is 14.3 Å². The number of ketones is 1. The summed E-state index contributed by atoms with van der Waals surface area (Å²) >= 11 is 1.68. The van der Waals surface area contributed by atoms with E-state index < -0.39 is 6.17 Å². The average molecular weight is 546 g/mol. The molecule has 2 aromatic carbocycles. The highest BCUT2D eigenvalue weighted by Crippen LogP contribution is 2.47. The van der Waals surface area contributed by atoms with Crippen LogP contribution >= 0.6 is 11.3 Å². The van der Waals surface area contributed by atoms with Gasteiger partial charge >= 0.3 is 0 Å². The van der Waals surface area contributed by atoms with Crippen LogP contribution in [0.4, 0.5) is 4.39 Å². The van der Waals surface area contributed by atoms with Crippen molar-refractivity contribution in [2.24, 2.45) is 0 Å². The van der Waals surface area contributed by atoms with Gasteiger partial charge in [-0.05, 0) is 81.7 Å². The highest BCUT2D eigenvalue weighted by Gasteiger charge is 2.32. The van der Waals surface area contributed by atoms with E-state index in [1.165, 1.54) is 29.7 Å². The zero-order chi connectivity index (χ0) is 26.3. The maximum atomic E-state index is 13.3. The van der Waals surface area contributed by atoms with Crippen molar-refractivity contribution in [3.63, 3.8) is 0 Å². The van der Waals surface area contributed by atoms with Crippen molar-refractivity contribution >= 4 is 32.3 Å². The van der Waals surface area contributed by atoms with E-state index in [1.807, 2.05) is 6.07 Å². The minimum atomic E-state index is -0.631. The first kappa shape index (κ1) is 25.4. The fourth-order valence-corrected chi connectivity index (χ4v) is 7.37. The van der Waals surface area contributed by atoms with Crippen molar-refractivity contribution in [3.8, 4) is 11.3 Å². The van der Waals surface area contributed by atoms with Crippen molar-refractivity contribution in [2.45, 2.75) is 76.0 Å². The standard InChI is InChI=1S/C32H36FN3O2S/c33-25-14-17-35(18-15-25)16-2-1-4-27(37)24-12-13-26-29(20-24)39-32-34-30(31(36(26)32)23-10-11-23)22-8-6-21(7-9-22)28-5-3-19-38-28/h6-9,12-13,20,23,25,28H,1-5,10-11,14-19H2/t28-/m0/s1. The molecular formula is C32H36FN3O2S.